The fourth-order valence-corrected chi connectivity index (χ4v) is 3.68. The van der Waals surface area contributed by atoms with Crippen LogP contribution in [0.25, 0.3) is 0 Å². The molecule has 0 heterocycles. The van der Waals surface area contributed by atoms with Crippen molar-refractivity contribution in [3.05, 3.63) is 35.9 Å². The second-order valence-corrected chi connectivity index (χ2v) is 6.76. The van der Waals surface area contributed by atoms with Crippen LogP contribution in [-0.2, 0) is 16.0 Å². The molecule has 2 rings (SSSR count). The van der Waals surface area contributed by atoms with E-state index in [-0.39, 0.29) is 11.6 Å². The normalized spacial score (nSPS) is 25.2. The standard InChI is InChI=1S/C19H29NO2/c1-4-19(13-9-8-12-17(19)15-20(2)3)22-18(21)14-16-10-6-5-7-11-16/h5-7,10-11,17H,4,8-9,12-15H2,1-3H3. The van der Waals surface area contributed by atoms with Crippen molar-refractivity contribution in [3.63, 3.8) is 0 Å². The van der Waals surface area contributed by atoms with Crippen LogP contribution in [0.1, 0.15) is 44.6 Å². The van der Waals surface area contributed by atoms with Crippen molar-refractivity contribution in [2.24, 2.45) is 5.92 Å². The molecule has 3 heteroatoms. The predicted molar refractivity (Wildman–Crippen MR) is 89.8 cm³/mol. The third-order valence-corrected chi connectivity index (χ3v) is 4.84. The Bertz CT molecular complexity index is 472. The van der Waals surface area contributed by atoms with Gasteiger partial charge in [0.15, 0.2) is 0 Å². The van der Waals surface area contributed by atoms with Crippen LogP contribution in [0.5, 0.6) is 0 Å². The highest BCUT2D eigenvalue weighted by atomic mass is 16.6. The SMILES string of the molecule is CCC1(OC(=O)Cc2ccccc2)CCCCC1CN(C)C. The quantitative estimate of drug-likeness (QED) is 0.751. The molecule has 2 atom stereocenters. The maximum absolute atomic E-state index is 12.4. The first kappa shape index (κ1) is 17.0. The summed E-state index contributed by atoms with van der Waals surface area (Å²) < 4.78 is 6.08. The van der Waals surface area contributed by atoms with Gasteiger partial charge in [-0.1, -0.05) is 43.7 Å². The Morgan fingerprint density at radius 2 is 2.00 bits per heavy atom. The molecule has 0 spiro atoms. The lowest BCUT2D eigenvalue weighted by atomic mass is 9.73. The molecule has 22 heavy (non-hydrogen) atoms. The van der Waals surface area contributed by atoms with Gasteiger partial charge in [-0.2, -0.15) is 0 Å². The van der Waals surface area contributed by atoms with E-state index < -0.39 is 0 Å². The topological polar surface area (TPSA) is 29.5 Å². The average Bonchev–Trinajstić information content (AvgIpc) is 2.49. The number of carbonyl (C=O) groups is 1. The maximum atomic E-state index is 12.4. The zero-order chi connectivity index (χ0) is 16.0. The Labute approximate surface area is 134 Å². The zero-order valence-corrected chi connectivity index (χ0v) is 14.2. The summed E-state index contributed by atoms with van der Waals surface area (Å²) in [6.07, 6.45) is 5.85. The van der Waals surface area contributed by atoms with Gasteiger partial charge in [0, 0.05) is 12.5 Å². The third kappa shape index (κ3) is 4.33. The fraction of sp³-hybridized carbons (Fsp3) is 0.632. The van der Waals surface area contributed by atoms with Crippen LogP contribution >= 0.6 is 0 Å². The van der Waals surface area contributed by atoms with Crippen molar-refractivity contribution in [2.75, 3.05) is 20.6 Å². The minimum Gasteiger partial charge on any atom is -0.458 e. The molecule has 1 aliphatic rings. The largest absolute Gasteiger partial charge is 0.458 e. The van der Waals surface area contributed by atoms with Crippen molar-refractivity contribution in [1.82, 2.24) is 4.90 Å². The summed E-state index contributed by atoms with van der Waals surface area (Å²) >= 11 is 0. The van der Waals surface area contributed by atoms with E-state index in [4.69, 9.17) is 4.74 Å². The number of benzene rings is 1. The number of nitrogens with zero attached hydrogens (tertiary/aromatic N) is 1. The summed E-state index contributed by atoms with van der Waals surface area (Å²) in [6, 6.07) is 9.87. The highest BCUT2D eigenvalue weighted by Gasteiger charge is 2.42. The molecule has 0 amide bonds. The van der Waals surface area contributed by atoms with Crippen LogP contribution in [-0.4, -0.2) is 37.1 Å². The zero-order valence-electron chi connectivity index (χ0n) is 14.2. The highest BCUT2D eigenvalue weighted by molar-refractivity contribution is 5.73. The van der Waals surface area contributed by atoms with Gasteiger partial charge in [-0.15, -0.1) is 0 Å². The lowest BCUT2D eigenvalue weighted by Gasteiger charge is -2.44. The van der Waals surface area contributed by atoms with Gasteiger partial charge in [0.05, 0.1) is 6.42 Å². The summed E-state index contributed by atoms with van der Waals surface area (Å²) in [5.74, 6) is 0.361. The lowest BCUT2D eigenvalue weighted by Crippen LogP contribution is -2.48. The van der Waals surface area contributed by atoms with Crippen LogP contribution in [0.3, 0.4) is 0 Å². The van der Waals surface area contributed by atoms with E-state index in [1.54, 1.807) is 0 Å². The molecular weight excluding hydrogens is 274 g/mol. The van der Waals surface area contributed by atoms with Gasteiger partial charge in [0.1, 0.15) is 5.60 Å². The number of hydrogen-bond acceptors (Lipinski definition) is 3. The van der Waals surface area contributed by atoms with E-state index >= 15 is 0 Å². The van der Waals surface area contributed by atoms with Crippen LogP contribution in [0, 0.1) is 5.92 Å². The van der Waals surface area contributed by atoms with Crippen molar-refractivity contribution in [3.8, 4) is 0 Å². The minimum absolute atomic E-state index is 0.0845. The van der Waals surface area contributed by atoms with Gasteiger partial charge < -0.3 is 9.64 Å². The first-order valence-electron chi connectivity index (χ1n) is 8.46. The molecule has 0 radical (unpaired) electrons. The van der Waals surface area contributed by atoms with Gasteiger partial charge in [0.2, 0.25) is 0 Å². The first-order chi connectivity index (χ1) is 10.6. The van der Waals surface area contributed by atoms with Crippen LogP contribution in [0.15, 0.2) is 30.3 Å². The molecule has 1 aliphatic carbocycles. The molecule has 1 aromatic rings. The average molecular weight is 303 g/mol. The maximum Gasteiger partial charge on any atom is 0.310 e. The minimum atomic E-state index is -0.269. The third-order valence-electron chi connectivity index (χ3n) is 4.84. The summed E-state index contributed by atoms with van der Waals surface area (Å²) in [5, 5.41) is 0. The van der Waals surface area contributed by atoms with Crippen molar-refractivity contribution in [1.29, 1.82) is 0 Å². The van der Waals surface area contributed by atoms with Crippen LogP contribution in [0.2, 0.25) is 0 Å². The fourth-order valence-electron chi connectivity index (χ4n) is 3.68. The summed E-state index contributed by atoms with van der Waals surface area (Å²) in [7, 11) is 4.20. The molecule has 2 unspecified atom stereocenters. The highest BCUT2D eigenvalue weighted by Crippen LogP contribution is 2.40. The summed E-state index contributed by atoms with van der Waals surface area (Å²) in [4.78, 5) is 14.7. The molecule has 0 aliphatic heterocycles. The van der Waals surface area contributed by atoms with E-state index in [9.17, 15) is 4.79 Å². The molecule has 1 fully saturated rings. The molecule has 0 saturated heterocycles. The lowest BCUT2D eigenvalue weighted by molar-refractivity contribution is -0.171. The number of rotatable bonds is 6. The number of hydrogen-bond donors (Lipinski definition) is 0. The molecular formula is C19H29NO2. The summed E-state index contributed by atoms with van der Waals surface area (Å²) in [5.41, 5.74) is 0.757. The van der Waals surface area contributed by atoms with Gasteiger partial charge in [0.25, 0.3) is 0 Å². The Morgan fingerprint density at radius 1 is 1.27 bits per heavy atom. The molecule has 1 saturated carbocycles. The molecule has 1 aromatic carbocycles. The molecule has 3 nitrogen and oxygen atoms in total. The number of ether oxygens (including phenoxy) is 1. The van der Waals surface area contributed by atoms with E-state index in [0.717, 1.165) is 37.8 Å². The van der Waals surface area contributed by atoms with Gasteiger partial charge in [-0.05, 0) is 45.3 Å². The van der Waals surface area contributed by atoms with Crippen LogP contribution < -0.4 is 0 Å². The number of carbonyl (C=O) groups excluding carboxylic acids is 1. The summed E-state index contributed by atoms with van der Waals surface area (Å²) in [6.45, 7) is 3.15. The van der Waals surface area contributed by atoms with Gasteiger partial charge in [-0.3, -0.25) is 4.79 Å². The van der Waals surface area contributed by atoms with E-state index in [0.29, 0.717) is 12.3 Å². The molecule has 122 valence electrons. The smallest absolute Gasteiger partial charge is 0.310 e. The van der Waals surface area contributed by atoms with Gasteiger partial charge in [-0.25, -0.2) is 0 Å². The monoisotopic (exact) mass is 303 g/mol. The Balaban J connectivity index is 2.06. The molecule has 0 N–H and O–H groups in total. The van der Waals surface area contributed by atoms with E-state index in [2.05, 4.69) is 25.9 Å². The van der Waals surface area contributed by atoms with Crippen LogP contribution in [0.4, 0.5) is 0 Å². The van der Waals surface area contributed by atoms with E-state index in [1.807, 2.05) is 30.3 Å². The molecule has 0 aromatic heterocycles. The second-order valence-electron chi connectivity index (χ2n) is 6.76. The Kier molecular flexibility index (Phi) is 6.01. The van der Waals surface area contributed by atoms with Crippen molar-refractivity contribution in [2.45, 2.75) is 51.0 Å². The molecule has 0 bridgehead atoms. The van der Waals surface area contributed by atoms with E-state index in [1.165, 1.54) is 6.42 Å². The first-order valence-corrected chi connectivity index (χ1v) is 8.46. The van der Waals surface area contributed by atoms with Crippen molar-refractivity contribution >= 4 is 5.97 Å². The van der Waals surface area contributed by atoms with Gasteiger partial charge >= 0.3 is 5.97 Å². The van der Waals surface area contributed by atoms with Crippen molar-refractivity contribution < 1.29 is 9.53 Å². The Hall–Kier alpha value is -1.35. The number of esters is 1. The second kappa shape index (κ2) is 7.77. The Morgan fingerprint density at radius 3 is 2.64 bits per heavy atom. The predicted octanol–water partition coefficient (Wildman–Crippen LogP) is 3.67.